The van der Waals surface area contributed by atoms with Gasteiger partial charge in [0.15, 0.2) is 0 Å². The standard InChI is InChI=1S/C17H24N4O2/c1-13(10-21-12-18-11-19-21)20-16(22)15-6-4-5-14(9-15)7-8-17(2,3)23/h4-6,9,11-13,23H,7-8,10H2,1-3H3,(H,20,22)/t13-/m0/s1. The van der Waals surface area contributed by atoms with Gasteiger partial charge in [-0.1, -0.05) is 12.1 Å². The first-order chi connectivity index (χ1) is 10.8. The minimum absolute atomic E-state index is 0.0516. The van der Waals surface area contributed by atoms with Crippen molar-refractivity contribution in [3.8, 4) is 0 Å². The van der Waals surface area contributed by atoms with Crippen LogP contribution in [0.25, 0.3) is 0 Å². The number of hydrogen-bond acceptors (Lipinski definition) is 4. The van der Waals surface area contributed by atoms with Gasteiger partial charge in [-0.3, -0.25) is 9.48 Å². The molecule has 0 saturated carbocycles. The molecule has 0 spiro atoms. The van der Waals surface area contributed by atoms with Crippen molar-refractivity contribution in [3.63, 3.8) is 0 Å². The van der Waals surface area contributed by atoms with Gasteiger partial charge < -0.3 is 10.4 Å². The smallest absolute Gasteiger partial charge is 0.251 e. The number of rotatable bonds is 7. The molecular formula is C17H24N4O2. The highest BCUT2D eigenvalue weighted by molar-refractivity contribution is 5.94. The SMILES string of the molecule is C[C@@H](Cn1cncn1)NC(=O)c1cccc(CCC(C)(C)O)c1. The molecule has 0 aliphatic carbocycles. The molecule has 1 heterocycles. The quantitative estimate of drug-likeness (QED) is 0.816. The van der Waals surface area contributed by atoms with Crippen LogP contribution in [0.1, 0.15) is 43.1 Å². The minimum Gasteiger partial charge on any atom is -0.390 e. The average molecular weight is 316 g/mol. The number of aryl methyl sites for hydroxylation is 1. The van der Waals surface area contributed by atoms with Gasteiger partial charge in [-0.25, -0.2) is 4.98 Å². The summed E-state index contributed by atoms with van der Waals surface area (Å²) >= 11 is 0. The summed E-state index contributed by atoms with van der Waals surface area (Å²) in [6.45, 7) is 6.08. The van der Waals surface area contributed by atoms with Crippen molar-refractivity contribution in [3.05, 3.63) is 48.0 Å². The number of aliphatic hydroxyl groups is 1. The van der Waals surface area contributed by atoms with Crippen molar-refractivity contribution in [2.45, 2.75) is 51.8 Å². The number of amides is 1. The predicted molar refractivity (Wildman–Crippen MR) is 88.0 cm³/mol. The fraction of sp³-hybridized carbons (Fsp3) is 0.471. The third-order valence-corrected chi connectivity index (χ3v) is 3.52. The van der Waals surface area contributed by atoms with E-state index >= 15 is 0 Å². The molecule has 1 aromatic heterocycles. The second-order valence-corrected chi connectivity index (χ2v) is 6.50. The average Bonchev–Trinajstić information content (AvgIpc) is 2.97. The van der Waals surface area contributed by atoms with Gasteiger partial charge in [-0.15, -0.1) is 0 Å². The van der Waals surface area contributed by atoms with E-state index in [4.69, 9.17) is 0 Å². The first-order valence-corrected chi connectivity index (χ1v) is 7.78. The lowest BCUT2D eigenvalue weighted by molar-refractivity contribution is 0.0714. The predicted octanol–water partition coefficient (Wildman–Crippen LogP) is 1.80. The number of nitrogens with one attached hydrogen (secondary N) is 1. The van der Waals surface area contributed by atoms with Crippen molar-refractivity contribution in [2.75, 3.05) is 0 Å². The fourth-order valence-electron chi connectivity index (χ4n) is 2.28. The molecule has 1 amide bonds. The van der Waals surface area contributed by atoms with Gasteiger partial charge in [0.2, 0.25) is 0 Å². The normalized spacial score (nSPS) is 12.9. The summed E-state index contributed by atoms with van der Waals surface area (Å²) in [6.07, 6.45) is 4.49. The molecule has 2 N–H and O–H groups in total. The van der Waals surface area contributed by atoms with Crippen LogP contribution >= 0.6 is 0 Å². The summed E-state index contributed by atoms with van der Waals surface area (Å²) < 4.78 is 1.69. The van der Waals surface area contributed by atoms with Gasteiger partial charge >= 0.3 is 0 Å². The van der Waals surface area contributed by atoms with Crippen molar-refractivity contribution in [1.29, 1.82) is 0 Å². The Bertz CT molecular complexity index is 632. The maximum atomic E-state index is 12.3. The van der Waals surface area contributed by atoms with E-state index in [1.54, 1.807) is 30.9 Å². The van der Waals surface area contributed by atoms with Crippen LogP contribution < -0.4 is 5.32 Å². The molecule has 23 heavy (non-hydrogen) atoms. The van der Waals surface area contributed by atoms with Crippen molar-refractivity contribution in [1.82, 2.24) is 20.1 Å². The lowest BCUT2D eigenvalue weighted by atomic mass is 9.98. The van der Waals surface area contributed by atoms with Crippen LogP contribution in [0.4, 0.5) is 0 Å². The third-order valence-electron chi connectivity index (χ3n) is 3.52. The molecule has 0 radical (unpaired) electrons. The Morgan fingerprint density at radius 2 is 2.22 bits per heavy atom. The summed E-state index contributed by atoms with van der Waals surface area (Å²) in [5.41, 5.74) is 0.970. The highest BCUT2D eigenvalue weighted by Gasteiger charge is 2.14. The zero-order valence-electron chi connectivity index (χ0n) is 13.9. The zero-order valence-corrected chi connectivity index (χ0v) is 13.9. The van der Waals surface area contributed by atoms with Gasteiger partial charge in [0.25, 0.3) is 5.91 Å². The van der Waals surface area contributed by atoms with E-state index in [2.05, 4.69) is 15.4 Å². The maximum Gasteiger partial charge on any atom is 0.251 e. The van der Waals surface area contributed by atoms with Crippen LogP contribution in [0.5, 0.6) is 0 Å². The monoisotopic (exact) mass is 316 g/mol. The molecular weight excluding hydrogens is 292 g/mol. The van der Waals surface area contributed by atoms with Crippen molar-refractivity contribution >= 4 is 5.91 Å². The van der Waals surface area contributed by atoms with Gasteiger partial charge in [-0.05, 0) is 51.3 Å². The van der Waals surface area contributed by atoms with Crippen LogP contribution in [-0.2, 0) is 13.0 Å². The number of nitrogens with zero attached hydrogens (tertiary/aromatic N) is 3. The molecule has 2 rings (SSSR count). The minimum atomic E-state index is -0.704. The Balaban J connectivity index is 1.93. The van der Waals surface area contributed by atoms with Crippen LogP contribution in [0.3, 0.4) is 0 Å². The molecule has 6 heteroatoms. The van der Waals surface area contributed by atoms with E-state index in [-0.39, 0.29) is 11.9 Å². The van der Waals surface area contributed by atoms with Crippen molar-refractivity contribution < 1.29 is 9.90 Å². The molecule has 0 aliphatic rings. The topological polar surface area (TPSA) is 80.0 Å². The maximum absolute atomic E-state index is 12.3. The number of hydrogen-bond donors (Lipinski definition) is 2. The van der Waals surface area contributed by atoms with Gasteiger partial charge in [0.1, 0.15) is 12.7 Å². The number of carbonyl (C=O) groups is 1. The summed E-state index contributed by atoms with van der Waals surface area (Å²) in [5, 5.41) is 16.8. The Morgan fingerprint density at radius 3 is 2.87 bits per heavy atom. The first-order valence-electron chi connectivity index (χ1n) is 7.78. The summed E-state index contributed by atoms with van der Waals surface area (Å²) in [4.78, 5) is 16.2. The molecule has 0 fully saturated rings. The highest BCUT2D eigenvalue weighted by Crippen LogP contribution is 2.14. The number of carbonyl (C=O) groups excluding carboxylic acids is 1. The van der Waals surface area contributed by atoms with E-state index < -0.39 is 5.60 Å². The van der Waals surface area contributed by atoms with Gasteiger partial charge in [0.05, 0.1) is 12.1 Å². The Morgan fingerprint density at radius 1 is 1.43 bits per heavy atom. The van der Waals surface area contributed by atoms with E-state index in [1.165, 1.54) is 6.33 Å². The molecule has 1 atom stereocenters. The van der Waals surface area contributed by atoms with Gasteiger partial charge in [0, 0.05) is 11.6 Å². The summed E-state index contributed by atoms with van der Waals surface area (Å²) in [7, 11) is 0. The molecule has 0 saturated heterocycles. The third kappa shape index (κ3) is 5.83. The first kappa shape index (κ1) is 17.1. The van der Waals surface area contributed by atoms with E-state index in [9.17, 15) is 9.90 Å². The Hall–Kier alpha value is -2.21. The molecule has 1 aromatic carbocycles. The van der Waals surface area contributed by atoms with Gasteiger partial charge in [-0.2, -0.15) is 5.10 Å². The molecule has 6 nitrogen and oxygen atoms in total. The molecule has 2 aromatic rings. The van der Waals surface area contributed by atoms with E-state index in [1.807, 2.05) is 25.1 Å². The van der Waals surface area contributed by atoms with Crippen LogP contribution in [0, 0.1) is 0 Å². The molecule has 0 aliphatic heterocycles. The lowest BCUT2D eigenvalue weighted by Gasteiger charge is -2.17. The summed E-state index contributed by atoms with van der Waals surface area (Å²) in [6, 6.07) is 7.47. The zero-order chi connectivity index (χ0) is 16.9. The number of aromatic nitrogens is 3. The second-order valence-electron chi connectivity index (χ2n) is 6.50. The highest BCUT2D eigenvalue weighted by atomic mass is 16.3. The summed E-state index contributed by atoms with van der Waals surface area (Å²) in [5.74, 6) is -0.109. The fourth-order valence-corrected chi connectivity index (χ4v) is 2.28. The lowest BCUT2D eigenvalue weighted by Crippen LogP contribution is -2.35. The second kappa shape index (κ2) is 7.37. The van der Waals surface area contributed by atoms with Crippen molar-refractivity contribution in [2.24, 2.45) is 0 Å². The Labute approximate surface area is 136 Å². The van der Waals surface area contributed by atoms with Crippen LogP contribution in [0.15, 0.2) is 36.9 Å². The molecule has 0 unspecified atom stereocenters. The molecule has 124 valence electrons. The molecule has 0 bridgehead atoms. The van der Waals surface area contributed by atoms with Crippen LogP contribution in [-0.4, -0.2) is 37.4 Å². The van der Waals surface area contributed by atoms with E-state index in [0.717, 1.165) is 12.0 Å². The number of benzene rings is 1. The van der Waals surface area contributed by atoms with E-state index in [0.29, 0.717) is 18.5 Å². The Kier molecular flexibility index (Phi) is 5.50. The largest absolute Gasteiger partial charge is 0.390 e. The van der Waals surface area contributed by atoms with Crippen LogP contribution in [0.2, 0.25) is 0 Å².